The van der Waals surface area contributed by atoms with Crippen molar-refractivity contribution >= 4 is 11.6 Å². The van der Waals surface area contributed by atoms with E-state index in [4.69, 9.17) is 15.9 Å². The quantitative estimate of drug-likeness (QED) is 0.478. The van der Waals surface area contributed by atoms with Gasteiger partial charge in [-0.25, -0.2) is 0 Å². The van der Waals surface area contributed by atoms with Gasteiger partial charge in [0.1, 0.15) is 5.75 Å². The normalized spacial score (nSPS) is 10.6. The maximum absolute atomic E-state index is 7.56. The molecule has 0 atom stereocenters. The smallest absolute Gasteiger partial charge is 0.192 e. The largest absolute Gasteiger partial charge is 0.493 e. The van der Waals surface area contributed by atoms with E-state index < -0.39 is 0 Å². The van der Waals surface area contributed by atoms with E-state index in [1.54, 1.807) is 11.9 Å². The van der Waals surface area contributed by atoms with Gasteiger partial charge in [0.05, 0.1) is 6.61 Å². The lowest BCUT2D eigenvalue weighted by Gasteiger charge is -2.20. The van der Waals surface area contributed by atoms with Gasteiger partial charge in [-0.3, -0.25) is 5.41 Å². The van der Waals surface area contributed by atoms with Crippen molar-refractivity contribution in [2.75, 3.05) is 18.6 Å². The van der Waals surface area contributed by atoms with E-state index in [0.29, 0.717) is 6.61 Å². The van der Waals surface area contributed by atoms with Crippen LogP contribution >= 0.6 is 0 Å². The van der Waals surface area contributed by atoms with Gasteiger partial charge < -0.3 is 15.4 Å². The van der Waals surface area contributed by atoms with Crippen LogP contribution in [0.4, 0.5) is 5.69 Å². The van der Waals surface area contributed by atoms with Crippen LogP contribution in [0.15, 0.2) is 84.9 Å². The maximum Gasteiger partial charge on any atom is 0.192 e. The minimum Gasteiger partial charge on any atom is -0.493 e. The molecule has 0 amide bonds. The first-order valence-corrected chi connectivity index (χ1v) is 9.05. The molecule has 3 aromatic carbocycles. The van der Waals surface area contributed by atoms with Crippen molar-refractivity contribution < 1.29 is 4.74 Å². The van der Waals surface area contributed by atoms with Crippen LogP contribution in [0.5, 0.6) is 5.75 Å². The van der Waals surface area contributed by atoms with E-state index in [2.05, 4.69) is 48.5 Å². The number of benzene rings is 3. The van der Waals surface area contributed by atoms with Gasteiger partial charge >= 0.3 is 0 Å². The molecule has 0 aliphatic heterocycles. The Hall–Kier alpha value is -3.27. The molecule has 0 fully saturated rings. The molecule has 3 rings (SSSR count). The molecule has 0 saturated heterocycles. The second-order valence-electron chi connectivity index (χ2n) is 6.45. The fraction of sp³-hybridized carbons (Fsp3) is 0.174. The molecule has 0 heterocycles. The van der Waals surface area contributed by atoms with Crippen LogP contribution in [-0.2, 0) is 0 Å². The standard InChI is InChI=1S/C23H25N3O/c1-26(23(24)25)20-13-8-14-21(17-20)27-16-15-22(18-9-4-2-5-10-18)19-11-6-3-7-12-19/h2-14,17,22H,15-16H2,1H3,(H3,24,25). The third kappa shape index (κ3) is 4.88. The second-order valence-corrected chi connectivity index (χ2v) is 6.45. The molecule has 4 nitrogen and oxygen atoms in total. The highest BCUT2D eigenvalue weighted by molar-refractivity contribution is 5.92. The number of nitrogens with one attached hydrogen (secondary N) is 1. The molecular formula is C23H25N3O. The Labute approximate surface area is 160 Å². The Balaban J connectivity index is 1.70. The van der Waals surface area contributed by atoms with Crippen LogP contribution in [0, 0.1) is 5.41 Å². The van der Waals surface area contributed by atoms with Crippen LogP contribution in [0.3, 0.4) is 0 Å². The average Bonchev–Trinajstić information content (AvgIpc) is 2.72. The highest BCUT2D eigenvalue weighted by Crippen LogP contribution is 2.28. The van der Waals surface area contributed by atoms with Crippen molar-refractivity contribution in [3.63, 3.8) is 0 Å². The monoisotopic (exact) mass is 359 g/mol. The predicted molar refractivity (Wildman–Crippen MR) is 112 cm³/mol. The predicted octanol–water partition coefficient (Wildman–Crippen LogP) is 4.62. The number of nitrogens with zero attached hydrogens (tertiary/aromatic N) is 1. The summed E-state index contributed by atoms with van der Waals surface area (Å²) >= 11 is 0. The fourth-order valence-corrected chi connectivity index (χ4v) is 3.11. The Kier molecular flexibility index (Phi) is 6.10. The summed E-state index contributed by atoms with van der Waals surface area (Å²) in [5.41, 5.74) is 8.97. The topological polar surface area (TPSA) is 62.3 Å². The average molecular weight is 359 g/mol. The van der Waals surface area contributed by atoms with Crippen LogP contribution in [0.1, 0.15) is 23.5 Å². The second kappa shape index (κ2) is 8.90. The third-order valence-electron chi connectivity index (χ3n) is 4.65. The van der Waals surface area contributed by atoms with E-state index >= 15 is 0 Å². The molecule has 0 bridgehead atoms. The van der Waals surface area contributed by atoms with Gasteiger partial charge in [0.15, 0.2) is 5.96 Å². The fourth-order valence-electron chi connectivity index (χ4n) is 3.11. The van der Waals surface area contributed by atoms with Gasteiger partial charge in [-0.05, 0) is 29.7 Å². The lowest BCUT2D eigenvalue weighted by molar-refractivity contribution is 0.304. The molecule has 0 radical (unpaired) electrons. The number of hydrogen-bond donors (Lipinski definition) is 2. The molecule has 3 aromatic rings. The van der Waals surface area contributed by atoms with Crippen LogP contribution in [0.25, 0.3) is 0 Å². The van der Waals surface area contributed by atoms with Crippen molar-refractivity contribution in [2.45, 2.75) is 12.3 Å². The maximum atomic E-state index is 7.56. The third-order valence-corrected chi connectivity index (χ3v) is 4.65. The first-order valence-electron chi connectivity index (χ1n) is 9.05. The number of nitrogens with two attached hydrogens (primary N) is 1. The van der Waals surface area contributed by atoms with Gasteiger partial charge in [0.25, 0.3) is 0 Å². The molecule has 0 aliphatic carbocycles. The first kappa shape index (κ1) is 18.5. The molecule has 0 unspecified atom stereocenters. The summed E-state index contributed by atoms with van der Waals surface area (Å²) in [5, 5.41) is 7.56. The lowest BCUT2D eigenvalue weighted by atomic mass is 9.89. The van der Waals surface area contributed by atoms with E-state index in [1.165, 1.54) is 11.1 Å². The zero-order valence-corrected chi connectivity index (χ0v) is 15.5. The van der Waals surface area contributed by atoms with Crippen LogP contribution in [-0.4, -0.2) is 19.6 Å². The summed E-state index contributed by atoms with van der Waals surface area (Å²) in [6.45, 7) is 0.599. The van der Waals surface area contributed by atoms with Crippen LogP contribution < -0.4 is 15.4 Å². The van der Waals surface area contributed by atoms with Gasteiger partial charge in [-0.2, -0.15) is 0 Å². The number of anilines is 1. The number of ether oxygens (including phenoxy) is 1. The SMILES string of the molecule is CN(C(=N)N)c1cccc(OCCC(c2ccccc2)c2ccccc2)c1. The molecule has 0 aromatic heterocycles. The molecular weight excluding hydrogens is 334 g/mol. The zero-order valence-electron chi connectivity index (χ0n) is 15.5. The lowest BCUT2D eigenvalue weighted by Crippen LogP contribution is -2.32. The summed E-state index contributed by atoms with van der Waals surface area (Å²) in [6, 6.07) is 28.7. The van der Waals surface area contributed by atoms with Crippen molar-refractivity contribution in [1.82, 2.24) is 0 Å². The number of guanidine groups is 1. The Morgan fingerprint density at radius 2 is 1.52 bits per heavy atom. The minimum absolute atomic E-state index is 0.000342. The first-order chi connectivity index (χ1) is 13.1. The summed E-state index contributed by atoms with van der Waals surface area (Å²) in [5.74, 6) is 1.07. The summed E-state index contributed by atoms with van der Waals surface area (Å²) in [4.78, 5) is 1.61. The molecule has 138 valence electrons. The molecule has 0 saturated carbocycles. The van der Waals surface area contributed by atoms with Gasteiger partial charge in [-0.1, -0.05) is 66.7 Å². The Morgan fingerprint density at radius 1 is 0.926 bits per heavy atom. The van der Waals surface area contributed by atoms with E-state index in [0.717, 1.165) is 17.9 Å². The zero-order chi connectivity index (χ0) is 19.1. The Bertz CT molecular complexity index is 826. The highest BCUT2D eigenvalue weighted by atomic mass is 16.5. The van der Waals surface area contributed by atoms with Gasteiger partial charge in [0, 0.05) is 24.7 Å². The van der Waals surface area contributed by atoms with E-state index in [-0.39, 0.29) is 11.9 Å². The summed E-state index contributed by atoms with van der Waals surface area (Å²) in [7, 11) is 1.77. The molecule has 3 N–H and O–H groups in total. The van der Waals surface area contributed by atoms with Crippen molar-refractivity contribution in [3.05, 3.63) is 96.1 Å². The highest BCUT2D eigenvalue weighted by Gasteiger charge is 2.14. The van der Waals surface area contributed by atoms with E-state index in [1.807, 2.05) is 36.4 Å². The van der Waals surface area contributed by atoms with Crippen molar-refractivity contribution in [2.24, 2.45) is 5.73 Å². The molecule has 4 heteroatoms. The van der Waals surface area contributed by atoms with Crippen molar-refractivity contribution in [3.8, 4) is 5.75 Å². The number of rotatable bonds is 7. The summed E-state index contributed by atoms with van der Waals surface area (Å²) < 4.78 is 6.01. The number of hydrogen-bond acceptors (Lipinski definition) is 2. The molecule has 0 aliphatic rings. The molecule has 27 heavy (non-hydrogen) atoms. The van der Waals surface area contributed by atoms with Crippen molar-refractivity contribution in [1.29, 1.82) is 5.41 Å². The van der Waals surface area contributed by atoms with Gasteiger partial charge in [-0.15, -0.1) is 0 Å². The Morgan fingerprint density at radius 3 is 2.07 bits per heavy atom. The molecule has 0 spiro atoms. The summed E-state index contributed by atoms with van der Waals surface area (Å²) in [6.07, 6.45) is 0.876. The van der Waals surface area contributed by atoms with Gasteiger partial charge in [0.2, 0.25) is 0 Å². The minimum atomic E-state index is 0.000342. The van der Waals surface area contributed by atoms with E-state index in [9.17, 15) is 0 Å². The van der Waals surface area contributed by atoms with Crippen LogP contribution in [0.2, 0.25) is 0 Å².